The maximum Gasteiger partial charge on any atom is 0.132 e. The number of hydrogen-bond acceptors (Lipinski definition) is 9. The highest BCUT2D eigenvalue weighted by molar-refractivity contribution is 6.08. The largest absolute Gasteiger partial charge is 0.404 e. The number of hydrogen-bond donors (Lipinski definition) is 5. The molecule has 200 valence electrons. The van der Waals surface area contributed by atoms with Crippen molar-refractivity contribution in [1.82, 2.24) is 25.1 Å². The lowest BCUT2D eigenvalue weighted by atomic mass is 10.0. The van der Waals surface area contributed by atoms with Gasteiger partial charge in [0.1, 0.15) is 11.6 Å². The van der Waals surface area contributed by atoms with Crippen LogP contribution in [0.3, 0.4) is 0 Å². The van der Waals surface area contributed by atoms with Crippen LogP contribution in [-0.4, -0.2) is 71.3 Å². The average molecular weight is 506 g/mol. The first-order valence-corrected chi connectivity index (χ1v) is 13.0. The summed E-state index contributed by atoms with van der Waals surface area (Å²) in [6.07, 6.45) is 9.44. The van der Waals surface area contributed by atoms with Gasteiger partial charge in [0.05, 0.1) is 11.0 Å². The third-order valence-corrected chi connectivity index (χ3v) is 6.97. The summed E-state index contributed by atoms with van der Waals surface area (Å²) in [5.74, 6) is 1.35. The van der Waals surface area contributed by atoms with Crippen LogP contribution in [0.5, 0.6) is 0 Å². The summed E-state index contributed by atoms with van der Waals surface area (Å²) < 4.78 is 0. The maximum absolute atomic E-state index is 7.92. The third-order valence-electron chi connectivity index (χ3n) is 6.97. The molecule has 2 aromatic heterocycles. The van der Waals surface area contributed by atoms with E-state index in [1.807, 2.05) is 30.5 Å². The summed E-state index contributed by atoms with van der Waals surface area (Å²) in [6, 6.07) is 6.85. The van der Waals surface area contributed by atoms with Crippen molar-refractivity contribution in [2.75, 3.05) is 38.5 Å². The molecule has 9 heteroatoms. The van der Waals surface area contributed by atoms with Gasteiger partial charge in [-0.25, -0.2) is 4.98 Å². The van der Waals surface area contributed by atoms with Gasteiger partial charge in [0.2, 0.25) is 0 Å². The van der Waals surface area contributed by atoms with Gasteiger partial charge in [-0.2, -0.15) is 0 Å². The van der Waals surface area contributed by atoms with Crippen molar-refractivity contribution in [2.45, 2.75) is 46.2 Å². The Hall–Kier alpha value is -3.43. The fourth-order valence-electron chi connectivity index (χ4n) is 4.50. The van der Waals surface area contributed by atoms with Gasteiger partial charge in [-0.05, 0) is 75.8 Å². The third kappa shape index (κ3) is 7.77. The van der Waals surface area contributed by atoms with Gasteiger partial charge in [-0.1, -0.05) is 13.8 Å². The molecule has 2 aromatic rings. The summed E-state index contributed by atoms with van der Waals surface area (Å²) >= 11 is 0. The molecular weight excluding hydrogens is 462 g/mol. The van der Waals surface area contributed by atoms with Crippen LogP contribution in [0.25, 0.3) is 16.6 Å². The second-order valence-electron chi connectivity index (χ2n) is 10.2. The van der Waals surface area contributed by atoms with E-state index in [2.05, 4.69) is 65.1 Å². The number of nitrogens with two attached hydrogens (primary N) is 2. The molecule has 9 nitrogen and oxygen atoms in total. The molecule has 1 fully saturated rings. The van der Waals surface area contributed by atoms with Crippen molar-refractivity contribution in [2.24, 2.45) is 17.4 Å². The van der Waals surface area contributed by atoms with Crippen LogP contribution in [0.4, 0.5) is 5.82 Å². The minimum Gasteiger partial charge on any atom is -0.404 e. The zero-order valence-electron chi connectivity index (χ0n) is 22.8. The van der Waals surface area contributed by atoms with Crippen LogP contribution < -0.4 is 22.1 Å². The van der Waals surface area contributed by atoms with E-state index in [-0.39, 0.29) is 5.92 Å². The highest BCUT2D eigenvalue weighted by atomic mass is 15.3. The molecule has 3 heterocycles. The molecule has 1 saturated heterocycles. The molecule has 0 amide bonds. The minimum absolute atomic E-state index is 0.265. The molecule has 7 N–H and O–H groups in total. The van der Waals surface area contributed by atoms with Crippen LogP contribution in [0.2, 0.25) is 0 Å². The van der Waals surface area contributed by atoms with E-state index in [0.29, 0.717) is 23.7 Å². The van der Waals surface area contributed by atoms with Crippen LogP contribution in [0.1, 0.15) is 39.7 Å². The lowest BCUT2D eigenvalue weighted by Gasteiger charge is -2.42. The highest BCUT2D eigenvalue weighted by Gasteiger charge is 2.25. The van der Waals surface area contributed by atoms with Gasteiger partial charge in [-0.3, -0.25) is 9.88 Å². The van der Waals surface area contributed by atoms with Gasteiger partial charge < -0.3 is 32.4 Å². The molecule has 1 aliphatic rings. The number of aromatic nitrogens is 2. The molecule has 0 spiro atoms. The van der Waals surface area contributed by atoms with Crippen LogP contribution >= 0.6 is 0 Å². The zero-order chi connectivity index (χ0) is 26.9. The molecule has 0 bridgehead atoms. The number of piperazine rings is 1. The summed E-state index contributed by atoms with van der Waals surface area (Å²) in [6.45, 7) is 12.8. The molecule has 37 heavy (non-hydrogen) atoms. The van der Waals surface area contributed by atoms with Gasteiger partial charge in [0.25, 0.3) is 0 Å². The number of pyridine rings is 2. The summed E-state index contributed by atoms with van der Waals surface area (Å²) in [7, 11) is 2.21. The van der Waals surface area contributed by atoms with Crippen molar-refractivity contribution < 1.29 is 0 Å². The fourth-order valence-corrected chi connectivity index (χ4v) is 4.50. The van der Waals surface area contributed by atoms with Crippen LogP contribution in [-0.2, 0) is 0 Å². The summed E-state index contributed by atoms with van der Waals surface area (Å²) in [5, 5.41) is 14.4. The monoisotopic (exact) mass is 505 g/mol. The Labute approximate surface area is 221 Å². The molecule has 0 saturated carbocycles. The normalized spacial score (nSPS) is 20.4. The van der Waals surface area contributed by atoms with E-state index in [9.17, 15) is 0 Å². The van der Waals surface area contributed by atoms with Gasteiger partial charge in [0, 0.05) is 61.5 Å². The first-order chi connectivity index (χ1) is 17.7. The Morgan fingerprint density at radius 1 is 1.22 bits per heavy atom. The highest BCUT2D eigenvalue weighted by Crippen LogP contribution is 2.20. The van der Waals surface area contributed by atoms with Crippen LogP contribution in [0, 0.1) is 11.3 Å². The average Bonchev–Trinajstić information content (AvgIpc) is 2.87. The Morgan fingerprint density at radius 2 is 1.95 bits per heavy atom. The SMILES string of the molecule is CC(C)C(=C/N)/C=C(\N)Nc1ccc2ncc(/C(C=N)=C/NCCCN3CC(C)N(C)[C@H](C)C3)cc2n1. The number of anilines is 1. The van der Waals surface area contributed by atoms with Gasteiger partial charge in [-0.15, -0.1) is 0 Å². The molecule has 0 aromatic carbocycles. The van der Waals surface area contributed by atoms with E-state index >= 15 is 0 Å². The number of fused-ring (bicyclic) bond motifs is 1. The predicted octanol–water partition coefficient (Wildman–Crippen LogP) is 3.33. The van der Waals surface area contributed by atoms with Crippen LogP contribution in [0.15, 0.2) is 54.3 Å². The predicted molar refractivity (Wildman–Crippen MR) is 155 cm³/mol. The van der Waals surface area contributed by atoms with Crippen molar-refractivity contribution in [1.29, 1.82) is 5.41 Å². The molecule has 0 aliphatic carbocycles. The van der Waals surface area contributed by atoms with E-state index in [4.69, 9.17) is 16.9 Å². The standard InChI is InChI=1S/C28H43N9/c1-19(2)22(13-29)12-27(31)35-28-8-7-25-26(34-28)11-23(16-33-25)24(14-30)15-32-9-6-10-37-17-20(3)36(5)21(4)18-37/h7-8,11-16,19-21,30,32H,6,9-10,17-18,29,31H2,1-5H3,(H,34,35)/b22-13+,24-15+,27-12+,30-14?/t20-,21?/m1/s1. The smallest absolute Gasteiger partial charge is 0.132 e. The number of rotatable bonds is 11. The Morgan fingerprint density at radius 3 is 2.59 bits per heavy atom. The first kappa shape index (κ1) is 28.1. The Bertz CT molecular complexity index is 1140. The number of likely N-dealkylation sites (N-methyl/N-ethyl adjacent to an activating group) is 1. The van der Waals surface area contributed by atoms with Crippen molar-refractivity contribution >= 4 is 28.6 Å². The number of nitrogens with one attached hydrogen (secondary N) is 3. The van der Waals surface area contributed by atoms with Crippen molar-refractivity contribution in [3.05, 3.63) is 59.8 Å². The van der Waals surface area contributed by atoms with Crippen molar-refractivity contribution in [3.63, 3.8) is 0 Å². The minimum atomic E-state index is 0.265. The second-order valence-corrected chi connectivity index (χ2v) is 10.2. The molecule has 3 rings (SSSR count). The Kier molecular flexibility index (Phi) is 10.0. The molecule has 1 unspecified atom stereocenters. The first-order valence-electron chi connectivity index (χ1n) is 13.0. The Balaban J connectivity index is 1.62. The molecular formula is C28H43N9. The fraction of sp³-hybridized carbons (Fsp3) is 0.464. The van der Waals surface area contributed by atoms with Gasteiger partial charge >= 0.3 is 0 Å². The lowest BCUT2D eigenvalue weighted by Crippen LogP contribution is -2.55. The molecule has 0 radical (unpaired) electrons. The maximum atomic E-state index is 7.92. The molecule has 1 aliphatic heterocycles. The number of nitrogens with zero attached hydrogens (tertiary/aromatic N) is 4. The van der Waals surface area contributed by atoms with Crippen molar-refractivity contribution in [3.8, 4) is 0 Å². The van der Waals surface area contributed by atoms with Gasteiger partial charge in [0.15, 0.2) is 0 Å². The van der Waals surface area contributed by atoms with E-state index < -0.39 is 0 Å². The lowest BCUT2D eigenvalue weighted by molar-refractivity contribution is 0.0597. The number of allylic oxidation sites excluding steroid dienone is 3. The van der Waals surface area contributed by atoms with E-state index in [0.717, 1.165) is 60.3 Å². The molecule has 2 atom stereocenters. The summed E-state index contributed by atoms with van der Waals surface area (Å²) in [5.41, 5.74) is 15.9. The topological polar surface area (TPSA) is 132 Å². The van der Waals surface area contributed by atoms with E-state index in [1.54, 1.807) is 12.4 Å². The second kappa shape index (κ2) is 13.2. The zero-order valence-corrected chi connectivity index (χ0v) is 22.8. The quantitative estimate of drug-likeness (QED) is 0.178. The van der Waals surface area contributed by atoms with E-state index in [1.165, 1.54) is 6.21 Å². The summed E-state index contributed by atoms with van der Waals surface area (Å²) in [4.78, 5) is 14.2.